The minimum Gasteiger partial charge on any atom is -0.480 e. The molecule has 0 aliphatic heterocycles. The fourth-order valence-electron chi connectivity index (χ4n) is 1.63. The number of rotatable bonds is 7. The number of carbonyl (C=O) groups excluding carboxylic acids is 1. The molecule has 0 aromatic rings. The molecule has 0 bridgehead atoms. The van der Waals surface area contributed by atoms with Crippen LogP contribution in [0.15, 0.2) is 12.7 Å². The molecule has 17 heavy (non-hydrogen) atoms. The number of hydrogen-bond acceptors (Lipinski definition) is 3. The van der Waals surface area contributed by atoms with Crippen LogP contribution in [-0.4, -0.2) is 36.2 Å². The predicted octanol–water partition coefficient (Wildman–Crippen LogP) is 0.804. The third kappa shape index (κ3) is 3.85. The fourth-order valence-corrected chi connectivity index (χ4v) is 1.63. The highest BCUT2D eigenvalue weighted by molar-refractivity contribution is 5.87. The van der Waals surface area contributed by atoms with E-state index in [0.29, 0.717) is 0 Å². The third-order valence-electron chi connectivity index (χ3n) is 2.96. The lowest BCUT2D eigenvalue weighted by atomic mass is 10.1. The average Bonchev–Trinajstić information content (AvgIpc) is 2.86. The smallest absolute Gasteiger partial charge is 0.328 e. The zero-order valence-electron chi connectivity index (χ0n) is 10.2. The summed E-state index contributed by atoms with van der Waals surface area (Å²) in [5, 5.41) is 11.4. The predicted molar refractivity (Wildman–Crippen MR) is 62.5 cm³/mol. The second-order valence-corrected chi connectivity index (χ2v) is 4.97. The van der Waals surface area contributed by atoms with Gasteiger partial charge in [-0.05, 0) is 11.8 Å². The van der Waals surface area contributed by atoms with Crippen LogP contribution in [0.2, 0.25) is 0 Å². The average molecular weight is 241 g/mol. The molecule has 5 nitrogen and oxygen atoms in total. The number of nitrogens with one attached hydrogen (secondary N) is 1. The summed E-state index contributed by atoms with van der Waals surface area (Å²) in [6, 6.07) is -0.987. The summed E-state index contributed by atoms with van der Waals surface area (Å²) in [6.45, 7) is 7.67. The Labute approximate surface area is 101 Å². The molecule has 1 unspecified atom stereocenters. The van der Waals surface area contributed by atoms with Crippen molar-refractivity contribution < 1.29 is 19.4 Å². The molecule has 1 aliphatic rings. The zero-order valence-corrected chi connectivity index (χ0v) is 10.2. The minimum atomic E-state index is -1.08. The lowest BCUT2D eigenvalue weighted by Gasteiger charge is -2.14. The van der Waals surface area contributed by atoms with Gasteiger partial charge in [0.15, 0.2) is 6.04 Å². The molecule has 1 aliphatic carbocycles. The standard InChI is InChI=1S/C12H19NO4/c1-4-5-17-7-9(11(15)16)13-10(14)8-6-12(8,2)3/h4,8-9H,1,5-7H2,2-3H3,(H,13,14)(H,15,16)/t8-,9?/m1/s1. The number of ether oxygens (including phenoxy) is 1. The molecule has 2 N–H and O–H groups in total. The molecular weight excluding hydrogens is 222 g/mol. The summed E-state index contributed by atoms with van der Waals surface area (Å²) in [6.07, 6.45) is 2.34. The van der Waals surface area contributed by atoms with Gasteiger partial charge in [0.05, 0.1) is 13.2 Å². The highest BCUT2D eigenvalue weighted by atomic mass is 16.5. The van der Waals surface area contributed by atoms with Gasteiger partial charge in [0.2, 0.25) is 5.91 Å². The van der Waals surface area contributed by atoms with Crippen molar-refractivity contribution in [1.82, 2.24) is 5.32 Å². The molecule has 1 saturated carbocycles. The van der Waals surface area contributed by atoms with Gasteiger partial charge in [0.25, 0.3) is 0 Å². The topological polar surface area (TPSA) is 75.6 Å². The highest BCUT2D eigenvalue weighted by Gasteiger charge is 2.51. The van der Waals surface area contributed by atoms with Crippen molar-refractivity contribution in [2.45, 2.75) is 26.3 Å². The second-order valence-electron chi connectivity index (χ2n) is 4.97. The Bertz CT molecular complexity index is 324. The van der Waals surface area contributed by atoms with E-state index in [1.54, 1.807) is 0 Å². The molecule has 0 heterocycles. The number of aliphatic carboxylic acids is 1. The van der Waals surface area contributed by atoms with Crippen molar-refractivity contribution in [2.75, 3.05) is 13.2 Å². The van der Waals surface area contributed by atoms with E-state index in [1.807, 2.05) is 13.8 Å². The summed E-state index contributed by atoms with van der Waals surface area (Å²) in [5.74, 6) is -1.37. The first-order chi connectivity index (χ1) is 7.88. The fraction of sp³-hybridized carbons (Fsp3) is 0.667. The van der Waals surface area contributed by atoms with E-state index in [4.69, 9.17) is 9.84 Å². The van der Waals surface area contributed by atoms with E-state index in [1.165, 1.54) is 6.08 Å². The van der Waals surface area contributed by atoms with Crippen molar-refractivity contribution in [1.29, 1.82) is 0 Å². The Morgan fingerprint density at radius 3 is 2.65 bits per heavy atom. The maximum absolute atomic E-state index is 11.7. The van der Waals surface area contributed by atoms with E-state index in [-0.39, 0.29) is 30.5 Å². The Kier molecular flexibility index (Phi) is 4.28. The van der Waals surface area contributed by atoms with Gasteiger partial charge >= 0.3 is 5.97 Å². The molecule has 96 valence electrons. The van der Waals surface area contributed by atoms with Crippen molar-refractivity contribution in [3.05, 3.63) is 12.7 Å². The molecule has 0 spiro atoms. The lowest BCUT2D eigenvalue weighted by Crippen LogP contribution is -2.45. The van der Waals surface area contributed by atoms with Crippen LogP contribution in [0.5, 0.6) is 0 Å². The minimum absolute atomic E-state index is 0.00485. The first-order valence-electron chi connectivity index (χ1n) is 5.60. The van der Waals surface area contributed by atoms with Gasteiger partial charge in [-0.3, -0.25) is 4.79 Å². The van der Waals surface area contributed by atoms with Crippen LogP contribution in [0.25, 0.3) is 0 Å². The number of hydrogen-bond donors (Lipinski definition) is 2. The van der Waals surface area contributed by atoms with E-state index < -0.39 is 12.0 Å². The van der Waals surface area contributed by atoms with E-state index in [2.05, 4.69) is 11.9 Å². The molecule has 1 amide bonds. The van der Waals surface area contributed by atoms with Crippen molar-refractivity contribution in [3.8, 4) is 0 Å². The van der Waals surface area contributed by atoms with Crippen LogP contribution in [0, 0.1) is 11.3 Å². The number of carboxylic acids is 1. The molecule has 0 radical (unpaired) electrons. The summed E-state index contributed by atoms with van der Waals surface area (Å²) in [5.41, 5.74) is -0.00485. The monoisotopic (exact) mass is 241 g/mol. The zero-order chi connectivity index (χ0) is 13.1. The van der Waals surface area contributed by atoms with Gasteiger partial charge in [0, 0.05) is 5.92 Å². The summed E-state index contributed by atoms with van der Waals surface area (Å²) in [4.78, 5) is 22.6. The SMILES string of the molecule is C=CCOCC(NC(=O)[C@H]1CC1(C)C)C(=O)O. The van der Waals surface area contributed by atoms with Crippen LogP contribution < -0.4 is 5.32 Å². The van der Waals surface area contributed by atoms with Gasteiger partial charge in [-0.15, -0.1) is 6.58 Å². The van der Waals surface area contributed by atoms with E-state index >= 15 is 0 Å². The first-order valence-corrected chi connectivity index (χ1v) is 5.60. The molecule has 2 atom stereocenters. The molecule has 0 aromatic carbocycles. The highest BCUT2D eigenvalue weighted by Crippen LogP contribution is 2.51. The normalized spacial score (nSPS) is 22.6. The molecule has 1 rings (SSSR count). The van der Waals surface area contributed by atoms with Crippen LogP contribution in [-0.2, 0) is 14.3 Å². The van der Waals surface area contributed by atoms with Crippen LogP contribution in [0.1, 0.15) is 20.3 Å². The van der Waals surface area contributed by atoms with Gasteiger partial charge in [0.1, 0.15) is 0 Å². The molecule has 0 saturated heterocycles. The maximum atomic E-state index is 11.7. The van der Waals surface area contributed by atoms with E-state index in [0.717, 1.165) is 6.42 Å². The number of carbonyl (C=O) groups is 2. The van der Waals surface area contributed by atoms with Gasteiger partial charge in [-0.25, -0.2) is 4.79 Å². The Morgan fingerprint density at radius 1 is 1.65 bits per heavy atom. The van der Waals surface area contributed by atoms with Crippen molar-refractivity contribution in [3.63, 3.8) is 0 Å². The maximum Gasteiger partial charge on any atom is 0.328 e. The van der Waals surface area contributed by atoms with Gasteiger partial charge in [-0.1, -0.05) is 19.9 Å². The third-order valence-corrected chi connectivity index (χ3v) is 2.96. The molecule has 0 aromatic heterocycles. The van der Waals surface area contributed by atoms with Crippen LogP contribution in [0.3, 0.4) is 0 Å². The summed E-state index contributed by atoms with van der Waals surface area (Å²) >= 11 is 0. The van der Waals surface area contributed by atoms with Gasteiger partial charge in [-0.2, -0.15) is 0 Å². The summed E-state index contributed by atoms with van der Waals surface area (Å²) < 4.78 is 5.05. The quantitative estimate of drug-likeness (QED) is 0.511. The lowest BCUT2D eigenvalue weighted by molar-refractivity contribution is -0.143. The van der Waals surface area contributed by atoms with Gasteiger partial charge < -0.3 is 15.2 Å². The largest absolute Gasteiger partial charge is 0.480 e. The van der Waals surface area contributed by atoms with Crippen LogP contribution >= 0.6 is 0 Å². The first kappa shape index (κ1) is 13.7. The molecule has 1 fully saturated rings. The van der Waals surface area contributed by atoms with E-state index in [9.17, 15) is 9.59 Å². The second kappa shape index (κ2) is 5.31. The van der Waals surface area contributed by atoms with Crippen molar-refractivity contribution >= 4 is 11.9 Å². The number of amides is 1. The molecule has 5 heteroatoms. The van der Waals surface area contributed by atoms with Crippen molar-refractivity contribution in [2.24, 2.45) is 11.3 Å². The Balaban J connectivity index is 2.41. The van der Waals surface area contributed by atoms with Crippen LogP contribution in [0.4, 0.5) is 0 Å². The number of carboxylic acid groups (broad SMARTS) is 1. The Hall–Kier alpha value is -1.36. The Morgan fingerprint density at radius 2 is 2.24 bits per heavy atom. The summed E-state index contributed by atoms with van der Waals surface area (Å²) in [7, 11) is 0. The molecular formula is C12H19NO4.